The summed E-state index contributed by atoms with van der Waals surface area (Å²) in [5.41, 5.74) is -0.420. The molecular formula is C46H55ClN4O9. The van der Waals surface area contributed by atoms with Gasteiger partial charge in [0.05, 0.1) is 33.1 Å². The van der Waals surface area contributed by atoms with Crippen LogP contribution in [0.1, 0.15) is 68.8 Å². The van der Waals surface area contributed by atoms with E-state index in [1.165, 1.54) is 31.6 Å². The van der Waals surface area contributed by atoms with Crippen LogP contribution in [-0.4, -0.2) is 122 Å². The minimum Gasteiger partial charge on any atom is -0.496 e. The van der Waals surface area contributed by atoms with Crippen LogP contribution in [0.15, 0.2) is 60.2 Å². The first-order valence-corrected chi connectivity index (χ1v) is 20.9. The van der Waals surface area contributed by atoms with E-state index < -0.39 is 57.9 Å². The predicted molar refractivity (Wildman–Crippen MR) is 226 cm³/mol. The summed E-state index contributed by atoms with van der Waals surface area (Å²) in [4.78, 5) is 66.3. The minimum atomic E-state index is -2.51. The van der Waals surface area contributed by atoms with E-state index in [-0.39, 0.29) is 18.3 Å². The van der Waals surface area contributed by atoms with Gasteiger partial charge in [0.15, 0.2) is 6.10 Å². The molecule has 320 valence electrons. The van der Waals surface area contributed by atoms with Gasteiger partial charge in [-0.1, -0.05) is 55.8 Å². The highest BCUT2D eigenvalue weighted by Gasteiger charge is 2.81. The molecule has 2 N–H and O–H groups in total. The van der Waals surface area contributed by atoms with Gasteiger partial charge in [-0.25, -0.2) is 4.79 Å². The summed E-state index contributed by atoms with van der Waals surface area (Å²) in [5.74, 6) is -1.81. The molecule has 9 rings (SSSR count). The molecule has 1 aliphatic carbocycles. The van der Waals surface area contributed by atoms with Gasteiger partial charge in [-0.3, -0.25) is 24.2 Å². The average Bonchev–Trinajstić information content (AvgIpc) is 3.92. The molecule has 6 heterocycles. The molecule has 1 amide bonds. The van der Waals surface area contributed by atoms with Crippen LogP contribution in [0.25, 0.3) is 10.9 Å². The lowest BCUT2D eigenvalue weighted by molar-refractivity contribution is -0.228. The van der Waals surface area contributed by atoms with E-state index in [4.69, 9.17) is 18.9 Å². The van der Waals surface area contributed by atoms with Crippen molar-refractivity contribution in [2.75, 3.05) is 59.0 Å². The zero-order valence-corrected chi connectivity index (χ0v) is 35.9. The Hall–Kier alpha value is -4.69. The number of halogens is 1. The van der Waals surface area contributed by atoms with Crippen LogP contribution in [0.4, 0.5) is 5.69 Å². The van der Waals surface area contributed by atoms with Gasteiger partial charge in [-0.2, -0.15) is 0 Å². The van der Waals surface area contributed by atoms with Gasteiger partial charge in [-0.05, 0) is 67.8 Å². The lowest BCUT2D eigenvalue weighted by Gasteiger charge is -2.63. The van der Waals surface area contributed by atoms with Crippen LogP contribution in [-0.2, 0) is 50.6 Å². The Morgan fingerprint density at radius 2 is 1.78 bits per heavy atom. The second-order valence-corrected chi connectivity index (χ2v) is 17.4. The Balaban J connectivity index is 0.00000499. The molecule has 60 heavy (non-hydrogen) atoms. The third kappa shape index (κ3) is 5.40. The van der Waals surface area contributed by atoms with E-state index in [0.717, 1.165) is 48.2 Å². The molecule has 1 saturated carbocycles. The number of ether oxygens (including phenoxy) is 4. The fourth-order valence-corrected chi connectivity index (χ4v) is 12.9. The van der Waals surface area contributed by atoms with Crippen LogP contribution in [0, 0.1) is 11.3 Å². The van der Waals surface area contributed by atoms with Gasteiger partial charge in [-0.15, -0.1) is 12.4 Å². The van der Waals surface area contributed by atoms with E-state index in [9.17, 15) is 19.5 Å². The van der Waals surface area contributed by atoms with Gasteiger partial charge in [0.2, 0.25) is 12.0 Å². The van der Waals surface area contributed by atoms with Gasteiger partial charge >= 0.3 is 17.9 Å². The maximum atomic E-state index is 15.3. The lowest BCUT2D eigenvalue weighted by atomic mass is 9.47. The van der Waals surface area contributed by atoms with E-state index in [1.807, 2.05) is 43.3 Å². The number of carbonyl (C=O) groups excluding carboxylic acids is 4. The zero-order valence-electron chi connectivity index (χ0n) is 35.1. The number of carbonyl (C=O) groups is 4. The summed E-state index contributed by atoms with van der Waals surface area (Å²) < 4.78 is 23.7. The van der Waals surface area contributed by atoms with Crippen molar-refractivity contribution in [3.63, 3.8) is 0 Å². The number of aliphatic hydroxyl groups is 1. The van der Waals surface area contributed by atoms with Crippen molar-refractivity contribution in [3.05, 3.63) is 82.6 Å². The number of nitrogens with zero attached hydrogens (tertiary/aromatic N) is 3. The maximum Gasteiger partial charge on any atom is 0.344 e. The molecule has 1 aromatic heterocycles. The number of benzene rings is 2. The number of nitrogens with one attached hydrogen (secondary N) is 1. The molecule has 9 atom stereocenters. The first kappa shape index (κ1) is 42.0. The van der Waals surface area contributed by atoms with E-state index >= 15 is 4.79 Å². The van der Waals surface area contributed by atoms with Crippen molar-refractivity contribution in [3.8, 4) is 5.75 Å². The molecule has 1 unspecified atom stereocenters. The fourth-order valence-electron chi connectivity index (χ4n) is 12.9. The number of H-pyrrole nitrogens is 1. The molecule has 3 aromatic rings. The third-order valence-electron chi connectivity index (χ3n) is 15.0. The number of aromatic amines is 1. The fraction of sp³-hybridized carbons (Fsp3) is 0.522. The number of para-hydroxylation sites is 1. The molecule has 2 aromatic carbocycles. The highest BCUT2D eigenvalue weighted by Crippen LogP contribution is 2.68. The quantitative estimate of drug-likeness (QED) is 0.140. The molecule has 2 fully saturated rings. The number of anilines is 1. The lowest BCUT2D eigenvalue weighted by Crippen LogP contribution is -2.81. The van der Waals surface area contributed by atoms with Crippen molar-refractivity contribution < 1.29 is 43.2 Å². The van der Waals surface area contributed by atoms with Crippen LogP contribution >= 0.6 is 12.4 Å². The van der Waals surface area contributed by atoms with Crippen molar-refractivity contribution in [1.82, 2.24) is 14.8 Å². The number of hydrogen-bond donors (Lipinski definition) is 2. The molecule has 2 bridgehead atoms. The molecule has 14 heteroatoms. The summed E-state index contributed by atoms with van der Waals surface area (Å²) in [6.45, 7) is 8.97. The minimum absolute atomic E-state index is 0. The third-order valence-corrected chi connectivity index (χ3v) is 15.0. The summed E-state index contributed by atoms with van der Waals surface area (Å²) in [6, 6.07) is 10.2. The van der Waals surface area contributed by atoms with Gasteiger partial charge in [0, 0.05) is 78.2 Å². The Morgan fingerprint density at radius 3 is 2.47 bits per heavy atom. The number of methoxy groups -OCH3 is 3. The number of fused-ring (bicyclic) bond motifs is 6. The van der Waals surface area contributed by atoms with Crippen LogP contribution in [0.5, 0.6) is 5.75 Å². The van der Waals surface area contributed by atoms with Gasteiger partial charge in [0.25, 0.3) is 0 Å². The van der Waals surface area contributed by atoms with Crippen molar-refractivity contribution >= 4 is 53.3 Å². The number of amides is 1. The van der Waals surface area contributed by atoms with Crippen molar-refractivity contribution in [2.45, 2.75) is 87.5 Å². The molecule has 5 aliphatic heterocycles. The summed E-state index contributed by atoms with van der Waals surface area (Å²) >= 11 is 0. The molecule has 1 spiro atoms. The van der Waals surface area contributed by atoms with E-state index in [1.54, 1.807) is 13.2 Å². The summed E-state index contributed by atoms with van der Waals surface area (Å²) in [7, 11) is 4.16. The van der Waals surface area contributed by atoms with Gasteiger partial charge in [0.1, 0.15) is 11.2 Å². The summed E-state index contributed by atoms with van der Waals surface area (Å²) in [6.07, 6.45) is 8.34. The first-order valence-electron chi connectivity index (χ1n) is 20.9. The molecule has 13 nitrogen and oxygen atoms in total. The van der Waals surface area contributed by atoms with Gasteiger partial charge < -0.3 is 33.9 Å². The van der Waals surface area contributed by atoms with E-state index in [2.05, 4.69) is 33.8 Å². The highest BCUT2D eigenvalue weighted by molar-refractivity contribution is 5.96. The van der Waals surface area contributed by atoms with E-state index in [0.29, 0.717) is 67.7 Å². The van der Waals surface area contributed by atoms with Crippen molar-refractivity contribution in [1.29, 1.82) is 0 Å². The Labute approximate surface area is 356 Å². The monoisotopic (exact) mass is 842 g/mol. The number of hydrogen-bond acceptors (Lipinski definition) is 11. The first-order chi connectivity index (χ1) is 28.4. The SMILES string of the molecule is CCC1=C[C@H]2CN(CCc3c([nH]c4ccccc34)[C@@](C(=O)OC)(c3cc4c(cc3OC)N(C=O)[C@H]3[C@@](O)(C(=O)OC)[C@H](OC(C)=O)[C@]5(CC)C=CCN6CC[C@]43[C@@H]65)C2)C1.Cl. The Morgan fingerprint density at radius 1 is 1.02 bits per heavy atom. The number of rotatable bonds is 8. The second-order valence-electron chi connectivity index (χ2n) is 17.4. The maximum absolute atomic E-state index is 15.3. The molecule has 6 aliphatic rings. The Kier molecular flexibility index (Phi) is 10.5. The summed E-state index contributed by atoms with van der Waals surface area (Å²) in [5, 5.41) is 14.3. The molecule has 1 saturated heterocycles. The standard InChI is InChI=1S/C46H54N4O9.ClH/c1-7-28-20-29-23-45(41(53)57-5,37-31(14-18-48(24-28)25-29)30-12-9-10-13-34(30)47-37)33-21-32-35(22-36(33)56-4)50(26-51)39-44(32)16-19-49-17-11-15-43(8-2,38(44)49)40(59-27(3)52)46(39,55)42(54)58-6;/h9-13,15,20-22,26,29,38-40,47,55H,7-8,14,16-19,23-25H2,1-6H3;1H/t29-,38+,39-,40-,43-,44-,45+,46+;/m1./s1. The normalized spacial score (nSPS) is 33.7. The molecular weight excluding hydrogens is 788 g/mol. The van der Waals surface area contributed by atoms with Crippen LogP contribution < -0.4 is 9.64 Å². The largest absolute Gasteiger partial charge is 0.496 e. The number of aromatic nitrogens is 1. The predicted octanol–water partition coefficient (Wildman–Crippen LogP) is 4.74. The average molecular weight is 843 g/mol. The zero-order chi connectivity index (χ0) is 41.6. The molecule has 0 radical (unpaired) electrons. The van der Waals surface area contributed by atoms with Crippen molar-refractivity contribution in [2.24, 2.45) is 11.3 Å². The van der Waals surface area contributed by atoms with Crippen LogP contribution in [0.3, 0.4) is 0 Å². The second kappa shape index (κ2) is 15.0. The smallest absolute Gasteiger partial charge is 0.344 e. The number of esters is 3. The topological polar surface area (TPSA) is 151 Å². The Bertz CT molecular complexity index is 2330. The van der Waals surface area contributed by atoms with Crippen LogP contribution in [0.2, 0.25) is 0 Å². The highest BCUT2D eigenvalue weighted by atomic mass is 35.5.